The molecule has 7 heteroatoms. The second kappa shape index (κ2) is 56.0. The predicted octanol–water partition coefficient (Wildman–Crippen LogP) is 19.7. The van der Waals surface area contributed by atoms with E-state index in [0.717, 1.165) is 109 Å². The smallest absolute Gasteiger partial charge is 0.308 e. The molecule has 3 unspecified atom stereocenters. The van der Waals surface area contributed by atoms with Crippen LogP contribution in [0.1, 0.15) is 343 Å². The van der Waals surface area contributed by atoms with Crippen molar-refractivity contribution in [1.82, 2.24) is 9.80 Å². The molecule has 0 heterocycles. The van der Waals surface area contributed by atoms with Crippen LogP contribution in [0.2, 0.25) is 0 Å². The molecule has 0 aliphatic heterocycles. The highest BCUT2D eigenvalue weighted by molar-refractivity contribution is 5.72. The standard InChI is InChI=1S/C65H130N2O5/c1-8-13-18-23-32-41-51-60(49-39-21-16-11-4)64(69)71-58-46-37-30-26-28-34-43-53-62(67(57-48-56-66(6)7)63(68)55-45-36-25-20-15-10-3)54-44-35-29-27-31-38-47-59-72-65(70)61(50-40-22-17-12-5)52-42-33-24-19-14-9-2/h60-63,68H,8-59H2,1-7H3. The summed E-state index contributed by atoms with van der Waals surface area (Å²) in [7, 11) is 4.34. The predicted molar refractivity (Wildman–Crippen MR) is 314 cm³/mol. The van der Waals surface area contributed by atoms with Crippen molar-refractivity contribution in [3.63, 3.8) is 0 Å². The first-order valence-electron chi connectivity index (χ1n) is 32.7. The molecule has 0 aromatic carbocycles. The Bertz CT molecular complexity index is 1040. The maximum absolute atomic E-state index is 13.1. The molecular weight excluding hydrogens is 889 g/mol. The van der Waals surface area contributed by atoms with E-state index in [1.165, 1.54) is 212 Å². The Kier molecular flexibility index (Phi) is 55.1. The highest BCUT2D eigenvalue weighted by atomic mass is 16.5. The average molecular weight is 1020 g/mol. The SMILES string of the molecule is CCCCCCCCC(CCCCCC)C(=O)OCCCCCCCCCC(CCCCCCCCCOC(=O)C(CCCCCC)CCCCCCCC)N(CCCN(C)C)C(O)CCCCCCCC. The Morgan fingerprint density at radius 3 is 0.917 bits per heavy atom. The van der Waals surface area contributed by atoms with E-state index in [2.05, 4.69) is 58.5 Å². The molecule has 72 heavy (non-hydrogen) atoms. The van der Waals surface area contributed by atoms with Crippen molar-refractivity contribution in [3.05, 3.63) is 0 Å². The topological polar surface area (TPSA) is 79.3 Å². The van der Waals surface area contributed by atoms with Gasteiger partial charge < -0.3 is 19.5 Å². The lowest BCUT2D eigenvalue weighted by Gasteiger charge is -2.36. The second-order valence-corrected chi connectivity index (χ2v) is 23.2. The molecule has 0 saturated heterocycles. The number of esters is 2. The molecule has 0 fully saturated rings. The van der Waals surface area contributed by atoms with Crippen molar-refractivity contribution < 1.29 is 24.2 Å². The van der Waals surface area contributed by atoms with Crippen LogP contribution >= 0.6 is 0 Å². The molecule has 0 bridgehead atoms. The number of aliphatic hydroxyl groups excluding tert-OH is 1. The van der Waals surface area contributed by atoms with Gasteiger partial charge in [-0.1, -0.05) is 272 Å². The van der Waals surface area contributed by atoms with Crippen molar-refractivity contribution >= 4 is 11.9 Å². The quantitative estimate of drug-likeness (QED) is 0.0369. The van der Waals surface area contributed by atoms with Gasteiger partial charge in [0.1, 0.15) is 6.23 Å². The Balaban J connectivity index is 5.00. The van der Waals surface area contributed by atoms with Crippen LogP contribution in [0, 0.1) is 11.8 Å². The van der Waals surface area contributed by atoms with Gasteiger partial charge in [0.05, 0.1) is 25.0 Å². The summed E-state index contributed by atoms with van der Waals surface area (Å²) in [5.41, 5.74) is 0. The van der Waals surface area contributed by atoms with Crippen LogP contribution in [-0.4, -0.2) is 79.5 Å². The first-order valence-corrected chi connectivity index (χ1v) is 32.7. The summed E-state index contributed by atoms with van der Waals surface area (Å²) >= 11 is 0. The summed E-state index contributed by atoms with van der Waals surface area (Å²) in [6.07, 6.45) is 57.4. The van der Waals surface area contributed by atoms with E-state index in [-0.39, 0.29) is 30.0 Å². The summed E-state index contributed by atoms with van der Waals surface area (Å²) in [5, 5.41) is 11.8. The molecule has 0 rings (SSSR count). The zero-order chi connectivity index (χ0) is 52.8. The van der Waals surface area contributed by atoms with Gasteiger partial charge in [-0.3, -0.25) is 14.5 Å². The molecule has 0 saturated carbocycles. The molecule has 0 aromatic rings. The zero-order valence-electron chi connectivity index (χ0n) is 50.1. The van der Waals surface area contributed by atoms with E-state index in [0.29, 0.717) is 19.3 Å². The number of unbranched alkanes of at least 4 members (excludes halogenated alkanes) is 33. The third-order valence-corrected chi connectivity index (χ3v) is 15.8. The number of aliphatic hydroxyl groups is 1. The average Bonchev–Trinajstić information content (AvgIpc) is 3.37. The minimum absolute atomic E-state index is 0.0730. The van der Waals surface area contributed by atoms with E-state index in [4.69, 9.17) is 9.47 Å². The second-order valence-electron chi connectivity index (χ2n) is 23.2. The summed E-state index contributed by atoms with van der Waals surface area (Å²) in [4.78, 5) is 31.1. The Labute approximate surface area is 451 Å². The van der Waals surface area contributed by atoms with Gasteiger partial charge in [-0.2, -0.15) is 0 Å². The maximum atomic E-state index is 13.1. The third kappa shape index (κ3) is 46.1. The Hall–Kier alpha value is -1.18. The number of ether oxygens (including phenoxy) is 2. The molecule has 0 spiro atoms. The number of nitrogens with zero attached hydrogens (tertiary/aromatic N) is 2. The summed E-state index contributed by atoms with van der Waals surface area (Å²) < 4.78 is 11.8. The molecule has 7 nitrogen and oxygen atoms in total. The van der Waals surface area contributed by atoms with Crippen LogP contribution in [0.5, 0.6) is 0 Å². The van der Waals surface area contributed by atoms with E-state index in [9.17, 15) is 14.7 Å². The molecule has 0 amide bonds. The van der Waals surface area contributed by atoms with Crippen LogP contribution in [0.15, 0.2) is 0 Å². The van der Waals surface area contributed by atoms with E-state index >= 15 is 0 Å². The zero-order valence-corrected chi connectivity index (χ0v) is 50.1. The van der Waals surface area contributed by atoms with Crippen molar-refractivity contribution in [2.75, 3.05) is 40.4 Å². The maximum Gasteiger partial charge on any atom is 0.308 e. The lowest BCUT2D eigenvalue weighted by Crippen LogP contribution is -2.44. The Morgan fingerprint density at radius 1 is 0.333 bits per heavy atom. The highest BCUT2D eigenvalue weighted by Crippen LogP contribution is 2.25. The van der Waals surface area contributed by atoms with Crippen LogP contribution in [0.4, 0.5) is 0 Å². The molecule has 3 atom stereocenters. The lowest BCUT2D eigenvalue weighted by molar-refractivity contribution is -0.150. The van der Waals surface area contributed by atoms with E-state index in [1.807, 2.05) is 0 Å². The largest absolute Gasteiger partial charge is 0.465 e. The summed E-state index contributed by atoms with van der Waals surface area (Å²) in [6, 6.07) is 0.444. The molecular formula is C65H130N2O5. The van der Waals surface area contributed by atoms with Gasteiger partial charge in [-0.25, -0.2) is 0 Å². The molecule has 0 aromatic heterocycles. The number of hydrogen-bond donors (Lipinski definition) is 1. The van der Waals surface area contributed by atoms with Gasteiger partial charge in [0.15, 0.2) is 0 Å². The van der Waals surface area contributed by atoms with Crippen molar-refractivity contribution in [1.29, 1.82) is 0 Å². The van der Waals surface area contributed by atoms with Gasteiger partial charge in [-0.15, -0.1) is 0 Å². The monoisotopic (exact) mass is 1020 g/mol. The van der Waals surface area contributed by atoms with Gasteiger partial charge in [0.25, 0.3) is 0 Å². The van der Waals surface area contributed by atoms with E-state index in [1.54, 1.807) is 0 Å². The first-order chi connectivity index (χ1) is 35.2. The summed E-state index contributed by atoms with van der Waals surface area (Å²) in [6.45, 7) is 14.5. The molecule has 0 radical (unpaired) electrons. The van der Waals surface area contributed by atoms with Crippen LogP contribution in [-0.2, 0) is 19.1 Å². The minimum Gasteiger partial charge on any atom is -0.465 e. The van der Waals surface area contributed by atoms with Crippen molar-refractivity contribution in [2.45, 2.75) is 355 Å². The van der Waals surface area contributed by atoms with Crippen molar-refractivity contribution in [3.8, 4) is 0 Å². The molecule has 0 aliphatic rings. The number of carbonyl (C=O) groups excluding carboxylic acids is 2. The normalized spacial score (nSPS) is 13.5. The van der Waals surface area contributed by atoms with Crippen LogP contribution < -0.4 is 0 Å². The lowest BCUT2D eigenvalue weighted by atomic mass is 9.94. The number of rotatable bonds is 59. The van der Waals surface area contributed by atoms with Gasteiger partial charge in [0, 0.05) is 12.6 Å². The first kappa shape index (κ1) is 70.8. The van der Waals surface area contributed by atoms with Crippen LogP contribution in [0.25, 0.3) is 0 Å². The van der Waals surface area contributed by atoms with Crippen LogP contribution in [0.3, 0.4) is 0 Å². The highest BCUT2D eigenvalue weighted by Gasteiger charge is 2.25. The fraction of sp³-hybridized carbons (Fsp3) is 0.969. The fourth-order valence-electron chi connectivity index (χ4n) is 10.9. The molecule has 430 valence electrons. The molecule has 0 aliphatic carbocycles. The van der Waals surface area contributed by atoms with E-state index < -0.39 is 0 Å². The fourth-order valence-corrected chi connectivity index (χ4v) is 10.9. The number of hydrogen-bond acceptors (Lipinski definition) is 7. The van der Waals surface area contributed by atoms with Gasteiger partial charge >= 0.3 is 11.9 Å². The third-order valence-electron chi connectivity index (χ3n) is 15.8. The summed E-state index contributed by atoms with van der Waals surface area (Å²) in [5.74, 6) is 0.341. The minimum atomic E-state index is -0.342. The Morgan fingerprint density at radius 2 is 0.597 bits per heavy atom. The molecule has 1 N–H and O–H groups in total. The number of carbonyl (C=O) groups is 2. The van der Waals surface area contributed by atoms with Crippen molar-refractivity contribution in [2.24, 2.45) is 11.8 Å². The van der Waals surface area contributed by atoms with Gasteiger partial charge in [-0.05, 0) is 91.3 Å². The van der Waals surface area contributed by atoms with Gasteiger partial charge in [0.2, 0.25) is 0 Å².